The van der Waals surface area contributed by atoms with E-state index in [1.54, 1.807) is 6.92 Å². The van der Waals surface area contributed by atoms with Gasteiger partial charge in [0.05, 0.1) is 6.04 Å². The van der Waals surface area contributed by atoms with E-state index in [2.05, 4.69) is 4.72 Å². The van der Waals surface area contributed by atoms with Crippen LogP contribution in [0.4, 0.5) is 10.1 Å². The molecule has 0 spiro atoms. The molecule has 0 aliphatic carbocycles. The molecule has 21 heavy (non-hydrogen) atoms. The lowest BCUT2D eigenvalue weighted by Gasteiger charge is -2.16. The number of sulfonamides is 1. The Bertz CT molecular complexity index is 728. The van der Waals surface area contributed by atoms with Gasteiger partial charge in [0.25, 0.3) is 0 Å². The Labute approximate surface area is 127 Å². The van der Waals surface area contributed by atoms with E-state index in [9.17, 15) is 12.8 Å². The lowest BCUT2D eigenvalue weighted by Crippen LogP contribution is -2.28. The zero-order valence-electron chi connectivity index (χ0n) is 11.8. The molecule has 4 nitrogen and oxygen atoms in total. The van der Waals surface area contributed by atoms with Crippen LogP contribution in [0.5, 0.6) is 0 Å². The Balaban J connectivity index is 2.36. The summed E-state index contributed by atoms with van der Waals surface area (Å²) in [6.07, 6.45) is 0.572. The minimum Gasteiger partial charge on any atom is -0.398 e. The van der Waals surface area contributed by atoms with Gasteiger partial charge in [-0.3, -0.25) is 0 Å². The molecule has 1 aromatic heterocycles. The highest BCUT2D eigenvalue weighted by Gasteiger charge is 2.24. The van der Waals surface area contributed by atoms with Crippen LogP contribution in [0, 0.1) is 12.7 Å². The lowest BCUT2D eigenvalue weighted by molar-refractivity contribution is 0.537. The molecule has 0 aliphatic heterocycles. The Morgan fingerprint density at radius 3 is 2.71 bits per heavy atom. The molecule has 1 aromatic carbocycles. The van der Waals surface area contributed by atoms with Crippen LogP contribution in [0.25, 0.3) is 0 Å². The van der Waals surface area contributed by atoms with Crippen molar-refractivity contribution in [3.8, 4) is 0 Å². The quantitative estimate of drug-likeness (QED) is 0.828. The fourth-order valence-electron chi connectivity index (χ4n) is 1.96. The molecule has 2 rings (SSSR count). The Morgan fingerprint density at radius 2 is 2.14 bits per heavy atom. The van der Waals surface area contributed by atoms with Gasteiger partial charge in [0.15, 0.2) is 0 Å². The largest absolute Gasteiger partial charge is 0.398 e. The first kappa shape index (κ1) is 15.9. The zero-order chi connectivity index (χ0) is 15.6. The number of rotatable bonds is 5. The summed E-state index contributed by atoms with van der Waals surface area (Å²) in [5.41, 5.74) is 6.45. The fourth-order valence-corrected chi connectivity index (χ4v) is 4.29. The number of thiophene rings is 1. The van der Waals surface area contributed by atoms with Crippen LogP contribution in [0.15, 0.2) is 34.5 Å². The molecule has 0 radical (unpaired) electrons. The van der Waals surface area contributed by atoms with Crippen LogP contribution in [0.2, 0.25) is 0 Å². The number of benzene rings is 1. The number of hydrogen-bond donors (Lipinski definition) is 2. The number of nitrogens with one attached hydrogen (secondary N) is 1. The normalized spacial score (nSPS) is 13.3. The molecule has 0 bridgehead atoms. The van der Waals surface area contributed by atoms with Crippen molar-refractivity contribution in [2.45, 2.75) is 31.2 Å². The van der Waals surface area contributed by atoms with E-state index in [0.717, 1.165) is 17.0 Å². The van der Waals surface area contributed by atoms with E-state index in [4.69, 9.17) is 5.73 Å². The van der Waals surface area contributed by atoms with Crippen LogP contribution >= 0.6 is 11.3 Å². The number of aryl methyl sites for hydroxylation is 1. The van der Waals surface area contributed by atoms with Gasteiger partial charge in [0.2, 0.25) is 10.0 Å². The average Bonchev–Trinajstić information content (AvgIpc) is 2.94. The van der Waals surface area contributed by atoms with Crippen LogP contribution in [-0.4, -0.2) is 8.42 Å². The molecule has 0 saturated carbocycles. The van der Waals surface area contributed by atoms with Crippen LogP contribution in [0.3, 0.4) is 0 Å². The Morgan fingerprint density at radius 1 is 1.43 bits per heavy atom. The molecule has 0 fully saturated rings. The zero-order valence-corrected chi connectivity index (χ0v) is 13.4. The van der Waals surface area contributed by atoms with Gasteiger partial charge in [-0.05, 0) is 42.5 Å². The van der Waals surface area contributed by atoms with Crippen molar-refractivity contribution < 1.29 is 12.8 Å². The van der Waals surface area contributed by atoms with Gasteiger partial charge in [-0.2, -0.15) is 0 Å². The summed E-state index contributed by atoms with van der Waals surface area (Å²) in [5, 5.41) is 1.87. The highest BCUT2D eigenvalue weighted by atomic mass is 32.2. The van der Waals surface area contributed by atoms with Gasteiger partial charge >= 0.3 is 0 Å². The van der Waals surface area contributed by atoms with Crippen molar-refractivity contribution in [1.29, 1.82) is 0 Å². The molecule has 3 N–H and O–H groups in total. The average molecular weight is 328 g/mol. The standard InChI is InChI=1S/C14H17FN2O2S2/c1-3-12(13-5-4-6-20-13)17-21(18,19)14-8-11(16)9(2)7-10(14)15/h4-8,12,17H,3,16H2,1-2H3. The first-order valence-electron chi connectivity index (χ1n) is 6.46. The third kappa shape index (κ3) is 3.42. The summed E-state index contributed by atoms with van der Waals surface area (Å²) in [6, 6.07) is 5.61. The monoisotopic (exact) mass is 328 g/mol. The van der Waals surface area contributed by atoms with E-state index in [-0.39, 0.29) is 11.7 Å². The molecular weight excluding hydrogens is 311 g/mol. The lowest BCUT2D eigenvalue weighted by atomic mass is 10.2. The van der Waals surface area contributed by atoms with Crippen LogP contribution < -0.4 is 10.5 Å². The summed E-state index contributed by atoms with van der Waals surface area (Å²) in [6.45, 7) is 3.50. The third-order valence-corrected chi connectivity index (χ3v) is 5.68. The predicted octanol–water partition coefficient (Wildman–Crippen LogP) is 3.21. The molecule has 7 heteroatoms. The Hall–Kier alpha value is -1.44. The topological polar surface area (TPSA) is 72.2 Å². The minimum absolute atomic E-state index is 0.251. The maximum Gasteiger partial charge on any atom is 0.244 e. The van der Waals surface area contributed by atoms with Crippen molar-refractivity contribution >= 4 is 27.0 Å². The molecule has 2 aromatic rings. The summed E-state index contributed by atoms with van der Waals surface area (Å²) in [5.74, 6) is -0.796. The second-order valence-electron chi connectivity index (χ2n) is 4.74. The number of nitrogens with two attached hydrogens (primary N) is 1. The number of nitrogen functional groups attached to an aromatic ring is 1. The van der Waals surface area contributed by atoms with E-state index in [0.29, 0.717) is 12.0 Å². The second kappa shape index (κ2) is 6.13. The van der Waals surface area contributed by atoms with Gasteiger partial charge in [0.1, 0.15) is 10.7 Å². The van der Waals surface area contributed by atoms with Gasteiger partial charge in [-0.15, -0.1) is 11.3 Å². The maximum atomic E-state index is 14.0. The number of halogens is 1. The highest BCUT2D eigenvalue weighted by Crippen LogP contribution is 2.26. The second-order valence-corrected chi connectivity index (χ2v) is 7.40. The smallest absolute Gasteiger partial charge is 0.244 e. The summed E-state index contributed by atoms with van der Waals surface area (Å²) in [4.78, 5) is 0.474. The summed E-state index contributed by atoms with van der Waals surface area (Å²) < 4.78 is 41.2. The van der Waals surface area contributed by atoms with E-state index < -0.39 is 20.7 Å². The minimum atomic E-state index is -3.97. The molecule has 1 unspecified atom stereocenters. The molecular formula is C14H17FN2O2S2. The number of anilines is 1. The van der Waals surface area contributed by atoms with Crippen LogP contribution in [0.1, 0.15) is 29.8 Å². The molecule has 1 heterocycles. The van der Waals surface area contributed by atoms with Crippen molar-refractivity contribution in [2.75, 3.05) is 5.73 Å². The summed E-state index contributed by atoms with van der Waals surface area (Å²) >= 11 is 1.46. The van der Waals surface area contributed by atoms with Gasteiger partial charge in [-0.25, -0.2) is 17.5 Å². The molecule has 0 amide bonds. The predicted molar refractivity (Wildman–Crippen MR) is 83.2 cm³/mol. The maximum absolute atomic E-state index is 14.0. The van der Waals surface area contributed by atoms with E-state index in [1.807, 2.05) is 24.4 Å². The number of hydrogen-bond acceptors (Lipinski definition) is 4. The van der Waals surface area contributed by atoms with Gasteiger partial charge in [0, 0.05) is 10.6 Å². The molecule has 0 aliphatic rings. The van der Waals surface area contributed by atoms with Crippen LogP contribution in [-0.2, 0) is 10.0 Å². The van der Waals surface area contributed by atoms with E-state index >= 15 is 0 Å². The van der Waals surface area contributed by atoms with Crippen molar-refractivity contribution in [3.05, 3.63) is 45.9 Å². The molecule has 0 saturated heterocycles. The van der Waals surface area contributed by atoms with Crippen molar-refractivity contribution in [2.24, 2.45) is 0 Å². The fraction of sp³-hybridized carbons (Fsp3) is 0.286. The third-order valence-electron chi connectivity index (χ3n) is 3.20. The van der Waals surface area contributed by atoms with Gasteiger partial charge < -0.3 is 5.73 Å². The van der Waals surface area contributed by atoms with Gasteiger partial charge in [-0.1, -0.05) is 13.0 Å². The Kier molecular flexibility index (Phi) is 4.65. The molecule has 114 valence electrons. The van der Waals surface area contributed by atoms with Crippen molar-refractivity contribution in [3.63, 3.8) is 0 Å². The highest BCUT2D eigenvalue weighted by molar-refractivity contribution is 7.89. The molecule has 1 atom stereocenters. The first-order chi connectivity index (χ1) is 9.85. The SMILES string of the molecule is CCC(NS(=O)(=O)c1cc(N)c(C)cc1F)c1cccs1. The summed E-state index contributed by atoms with van der Waals surface area (Å²) in [7, 11) is -3.97. The first-order valence-corrected chi connectivity index (χ1v) is 8.82. The van der Waals surface area contributed by atoms with Crippen molar-refractivity contribution in [1.82, 2.24) is 4.72 Å². The van der Waals surface area contributed by atoms with E-state index in [1.165, 1.54) is 11.3 Å².